The molecule has 0 aromatic carbocycles. The van der Waals surface area contributed by atoms with Gasteiger partial charge < -0.3 is 4.90 Å². The van der Waals surface area contributed by atoms with Crippen molar-refractivity contribution in [3.05, 3.63) is 0 Å². The third-order valence-corrected chi connectivity index (χ3v) is 5.90. The van der Waals surface area contributed by atoms with Gasteiger partial charge in [0.15, 0.2) is 0 Å². The van der Waals surface area contributed by atoms with Gasteiger partial charge in [-0.25, -0.2) is 0 Å². The topological polar surface area (TPSA) is 32.3 Å². The van der Waals surface area contributed by atoms with Crippen LogP contribution in [0.5, 0.6) is 0 Å². The molecular formula is C17H30N2O. The van der Waals surface area contributed by atoms with Gasteiger partial charge in [0, 0.05) is 6.54 Å². The fourth-order valence-corrected chi connectivity index (χ4v) is 3.92. The summed E-state index contributed by atoms with van der Waals surface area (Å²) in [4.78, 5) is 15.0. The van der Waals surface area contributed by atoms with Crippen molar-refractivity contribution >= 4 is 5.91 Å². The molecule has 1 amide bonds. The van der Waals surface area contributed by atoms with Crippen molar-refractivity contribution in [1.29, 1.82) is 0 Å². The quantitative estimate of drug-likeness (QED) is 0.810. The minimum absolute atomic E-state index is 0.0439. The van der Waals surface area contributed by atoms with Crippen LogP contribution in [0.4, 0.5) is 0 Å². The second-order valence-corrected chi connectivity index (χ2v) is 7.82. The van der Waals surface area contributed by atoms with E-state index in [4.69, 9.17) is 0 Å². The average molecular weight is 278 g/mol. The number of rotatable bonds is 6. The Kier molecular flexibility index (Phi) is 3.60. The summed E-state index contributed by atoms with van der Waals surface area (Å²) >= 11 is 0. The Bertz CT molecular complexity index is 384. The standard InChI is InChI=1S/C17H30N2O/c1-5-12(4)14-16(20)19(15(18-14)11(2)3)10-17(8-9-17)13-6-7-13/h11-15,18H,5-10H2,1-4H3. The molecule has 20 heavy (non-hydrogen) atoms. The predicted octanol–water partition coefficient (Wildman–Crippen LogP) is 3.01. The molecule has 0 bridgehead atoms. The second kappa shape index (κ2) is 5.01. The van der Waals surface area contributed by atoms with Gasteiger partial charge in [-0.15, -0.1) is 0 Å². The maximum Gasteiger partial charge on any atom is 0.241 e. The van der Waals surface area contributed by atoms with Crippen molar-refractivity contribution < 1.29 is 4.79 Å². The summed E-state index contributed by atoms with van der Waals surface area (Å²) < 4.78 is 0. The zero-order chi connectivity index (χ0) is 14.5. The molecule has 0 aromatic rings. The molecule has 3 fully saturated rings. The first-order chi connectivity index (χ1) is 9.48. The van der Waals surface area contributed by atoms with E-state index in [9.17, 15) is 4.79 Å². The molecule has 1 aliphatic heterocycles. The summed E-state index contributed by atoms with van der Waals surface area (Å²) in [5, 5.41) is 3.63. The van der Waals surface area contributed by atoms with Gasteiger partial charge >= 0.3 is 0 Å². The Morgan fingerprint density at radius 1 is 1.30 bits per heavy atom. The Balaban J connectivity index is 1.74. The van der Waals surface area contributed by atoms with Crippen LogP contribution in [-0.4, -0.2) is 29.6 Å². The second-order valence-electron chi connectivity index (χ2n) is 7.82. The van der Waals surface area contributed by atoms with E-state index in [0.29, 0.717) is 23.2 Å². The molecule has 0 spiro atoms. The molecule has 114 valence electrons. The molecule has 1 saturated heterocycles. The van der Waals surface area contributed by atoms with E-state index < -0.39 is 0 Å². The highest BCUT2D eigenvalue weighted by molar-refractivity contribution is 5.84. The van der Waals surface area contributed by atoms with Gasteiger partial charge in [-0.3, -0.25) is 10.1 Å². The fourth-order valence-electron chi connectivity index (χ4n) is 3.92. The van der Waals surface area contributed by atoms with E-state index in [1.54, 1.807) is 0 Å². The number of hydrogen-bond acceptors (Lipinski definition) is 2. The van der Waals surface area contributed by atoms with Crippen LogP contribution in [-0.2, 0) is 4.79 Å². The van der Waals surface area contributed by atoms with E-state index in [1.165, 1.54) is 25.7 Å². The Morgan fingerprint density at radius 2 is 1.95 bits per heavy atom. The molecule has 3 heteroatoms. The molecule has 3 unspecified atom stereocenters. The summed E-state index contributed by atoms with van der Waals surface area (Å²) in [6, 6.07) is 0.0439. The first-order valence-electron chi connectivity index (χ1n) is 8.55. The van der Waals surface area contributed by atoms with Crippen molar-refractivity contribution in [3.8, 4) is 0 Å². The van der Waals surface area contributed by atoms with Gasteiger partial charge in [0.2, 0.25) is 5.91 Å². The monoisotopic (exact) mass is 278 g/mol. The minimum Gasteiger partial charge on any atom is -0.325 e. The number of hydrogen-bond donors (Lipinski definition) is 1. The predicted molar refractivity (Wildman–Crippen MR) is 81.1 cm³/mol. The number of amides is 1. The number of nitrogens with zero attached hydrogens (tertiary/aromatic N) is 1. The number of carbonyl (C=O) groups excluding carboxylic acids is 1. The van der Waals surface area contributed by atoms with Crippen LogP contribution in [0.2, 0.25) is 0 Å². The first-order valence-corrected chi connectivity index (χ1v) is 8.55. The van der Waals surface area contributed by atoms with Crippen LogP contribution >= 0.6 is 0 Å². The lowest BCUT2D eigenvalue weighted by atomic mass is 9.97. The summed E-state index contributed by atoms with van der Waals surface area (Å²) in [5.74, 6) is 2.21. The van der Waals surface area contributed by atoms with Crippen molar-refractivity contribution in [2.24, 2.45) is 23.2 Å². The van der Waals surface area contributed by atoms with E-state index in [2.05, 4.69) is 37.9 Å². The maximum atomic E-state index is 12.8. The van der Waals surface area contributed by atoms with Gasteiger partial charge in [0.1, 0.15) is 0 Å². The smallest absolute Gasteiger partial charge is 0.241 e. The van der Waals surface area contributed by atoms with Gasteiger partial charge in [-0.2, -0.15) is 0 Å². The molecule has 3 rings (SSSR count). The number of nitrogens with one attached hydrogen (secondary N) is 1. The third kappa shape index (κ3) is 2.38. The molecule has 2 saturated carbocycles. The van der Waals surface area contributed by atoms with Crippen LogP contribution in [0.3, 0.4) is 0 Å². The molecular weight excluding hydrogens is 248 g/mol. The van der Waals surface area contributed by atoms with Gasteiger partial charge in [0.05, 0.1) is 12.2 Å². The van der Waals surface area contributed by atoms with Crippen LogP contribution in [0.25, 0.3) is 0 Å². The third-order valence-electron chi connectivity index (χ3n) is 5.90. The van der Waals surface area contributed by atoms with Gasteiger partial charge in [-0.1, -0.05) is 34.1 Å². The van der Waals surface area contributed by atoms with Crippen molar-refractivity contribution in [3.63, 3.8) is 0 Å². The molecule has 0 aromatic heterocycles. The lowest BCUT2D eigenvalue weighted by Gasteiger charge is -2.31. The van der Waals surface area contributed by atoms with E-state index in [0.717, 1.165) is 18.9 Å². The normalized spacial score (nSPS) is 33.9. The highest BCUT2D eigenvalue weighted by Gasteiger charge is 2.56. The van der Waals surface area contributed by atoms with Crippen LogP contribution in [0.1, 0.15) is 59.8 Å². The van der Waals surface area contributed by atoms with E-state index >= 15 is 0 Å². The molecule has 1 N–H and O–H groups in total. The van der Waals surface area contributed by atoms with Crippen molar-refractivity contribution in [1.82, 2.24) is 10.2 Å². The first kappa shape index (κ1) is 14.4. The Morgan fingerprint density at radius 3 is 2.40 bits per heavy atom. The lowest BCUT2D eigenvalue weighted by molar-refractivity contribution is -0.132. The summed E-state index contributed by atoms with van der Waals surface area (Å²) in [6.07, 6.45) is 6.81. The highest BCUT2D eigenvalue weighted by Crippen LogP contribution is 2.61. The summed E-state index contributed by atoms with van der Waals surface area (Å²) in [5.41, 5.74) is 0.509. The summed E-state index contributed by atoms with van der Waals surface area (Å²) in [6.45, 7) is 9.85. The zero-order valence-electron chi connectivity index (χ0n) is 13.5. The van der Waals surface area contributed by atoms with E-state index in [-0.39, 0.29) is 12.2 Å². The summed E-state index contributed by atoms with van der Waals surface area (Å²) in [7, 11) is 0. The number of carbonyl (C=O) groups is 1. The van der Waals surface area contributed by atoms with Gasteiger partial charge in [0.25, 0.3) is 0 Å². The Hall–Kier alpha value is -0.570. The minimum atomic E-state index is 0.0439. The van der Waals surface area contributed by atoms with E-state index in [1.807, 2.05) is 0 Å². The van der Waals surface area contributed by atoms with Crippen molar-refractivity contribution in [2.75, 3.05) is 6.54 Å². The zero-order valence-corrected chi connectivity index (χ0v) is 13.5. The molecule has 3 nitrogen and oxygen atoms in total. The molecule has 3 atom stereocenters. The van der Waals surface area contributed by atoms with Crippen LogP contribution in [0.15, 0.2) is 0 Å². The fraction of sp³-hybridized carbons (Fsp3) is 0.941. The molecule has 1 heterocycles. The van der Waals surface area contributed by atoms with Crippen molar-refractivity contribution in [2.45, 2.75) is 72.0 Å². The largest absolute Gasteiger partial charge is 0.325 e. The average Bonchev–Trinajstić information content (AvgIpc) is 3.29. The molecule has 3 aliphatic rings. The molecule has 0 radical (unpaired) electrons. The van der Waals surface area contributed by atoms with Crippen LogP contribution in [0, 0.1) is 23.2 Å². The van der Waals surface area contributed by atoms with Gasteiger partial charge in [-0.05, 0) is 48.9 Å². The Labute approximate surface area is 123 Å². The molecule has 2 aliphatic carbocycles. The van der Waals surface area contributed by atoms with Crippen LogP contribution < -0.4 is 5.32 Å². The maximum absolute atomic E-state index is 12.8. The highest BCUT2D eigenvalue weighted by atomic mass is 16.2. The lowest BCUT2D eigenvalue weighted by Crippen LogP contribution is -2.44. The SMILES string of the molecule is CCC(C)C1NC(C(C)C)N(CC2(C3CC3)CC2)C1=O.